The number of carboxylic acid groups (broad SMARTS) is 1. The van der Waals surface area contributed by atoms with Gasteiger partial charge in [-0.05, 0) is 17.5 Å². The third-order valence-electron chi connectivity index (χ3n) is 3.41. The Labute approximate surface area is 113 Å². The number of hydrogen-bond acceptors (Lipinski definition) is 1. The molecule has 0 heterocycles. The van der Waals surface area contributed by atoms with Crippen LogP contribution < -0.4 is 0 Å². The van der Waals surface area contributed by atoms with Crippen molar-refractivity contribution < 1.29 is 9.90 Å². The number of rotatable bonds is 5. The summed E-state index contributed by atoms with van der Waals surface area (Å²) in [6, 6.07) is 20.2. The molecule has 2 aromatic carbocycles. The Morgan fingerprint density at radius 1 is 0.947 bits per heavy atom. The molecule has 2 aromatic rings. The maximum atomic E-state index is 11.1. The highest BCUT2D eigenvalue weighted by atomic mass is 16.4. The molecule has 98 valence electrons. The fourth-order valence-corrected chi connectivity index (χ4v) is 2.29. The summed E-state index contributed by atoms with van der Waals surface area (Å²) in [4.78, 5) is 11.1. The van der Waals surface area contributed by atoms with Crippen molar-refractivity contribution in [3.8, 4) is 0 Å². The molecule has 2 nitrogen and oxygen atoms in total. The number of carboxylic acids is 1. The van der Waals surface area contributed by atoms with Crippen molar-refractivity contribution in [3.63, 3.8) is 0 Å². The number of carbonyl (C=O) groups is 1. The zero-order valence-electron chi connectivity index (χ0n) is 11.0. The highest BCUT2D eigenvalue weighted by Crippen LogP contribution is 2.30. The monoisotopic (exact) mass is 254 g/mol. The van der Waals surface area contributed by atoms with Crippen molar-refractivity contribution in [2.75, 3.05) is 0 Å². The van der Waals surface area contributed by atoms with Gasteiger partial charge in [-0.1, -0.05) is 67.6 Å². The molecule has 0 radical (unpaired) electrons. The van der Waals surface area contributed by atoms with Gasteiger partial charge in [0.15, 0.2) is 0 Å². The molecule has 0 aliphatic heterocycles. The predicted molar refractivity (Wildman–Crippen MR) is 76.1 cm³/mol. The molecule has 0 aliphatic carbocycles. The number of aliphatic carboxylic acids is 1. The molecule has 19 heavy (non-hydrogen) atoms. The second-order valence-corrected chi connectivity index (χ2v) is 4.85. The molecule has 0 saturated heterocycles. The summed E-state index contributed by atoms with van der Waals surface area (Å²) in [6.45, 7) is 1.77. The molecule has 0 aliphatic rings. The predicted octanol–water partition coefficient (Wildman–Crippen LogP) is 3.93. The van der Waals surface area contributed by atoms with Crippen LogP contribution >= 0.6 is 0 Å². The highest BCUT2D eigenvalue weighted by Gasteiger charge is 2.20. The maximum absolute atomic E-state index is 11.1. The van der Waals surface area contributed by atoms with Gasteiger partial charge in [0.1, 0.15) is 0 Å². The van der Waals surface area contributed by atoms with Crippen LogP contribution in [0.5, 0.6) is 0 Å². The largest absolute Gasteiger partial charge is 0.481 e. The van der Waals surface area contributed by atoms with E-state index in [4.69, 9.17) is 5.11 Å². The van der Waals surface area contributed by atoms with Crippen LogP contribution in [0.1, 0.15) is 30.4 Å². The Morgan fingerprint density at radius 3 is 1.74 bits per heavy atom. The first-order valence-corrected chi connectivity index (χ1v) is 6.51. The molecule has 0 amide bonds. The Kier molecular flexibility index (Phi) is 4.35. The summed E-state index contributed by atoms with van der Waals surface area (Å²) in [5, 5.41) is 9.12. The molecule has 0 aromatic heterocycles. The number of benzene rings is 2. The standard InChI is InChI=1S/C17H18O2/c1-13(17(18)19)12-16(14-8-4-2-5-9-14)15-10-6-3-7-11-15/h2-11,13,16H,12H2,1H3,(H,18,19). The van der Waals surface area contributed by atoms with Crippen molar-refractivity contribution in [1.82, 2.24) is 0 Å². The molecule has 0 saturated carbocycles. The molecule has 0 fully saturated rings. The van der Waals surface area contributed by atoms with Crippen molar-refractivity contribution >= 4 is 5.97 Å². The lowest BCUT2D eigenvalue weighted by molar-refractivity contribution is -0.141. The smallest absolute Gasteiger partial charge is 0.306 e. The van der Waals surface area contributed by atoms with Crippen LogP contribution in [0.15, 0.2) is 60.7 Å². The highest BCUT2D eigenvalue weighted by molar-refractivity contribution is 5.69. The van der Waals surface area contributed by atoms with E-state index in [0.29, 0.717) is 6.42 Å². The summed E-state index contributed by atoms with van der Waals surface area (Å²) in [7, 11) is 0. The van der Waals surface area contributed by atoms with Crippen LogP contribution in [0.2, 0.25) is 0 Å². The second kappa shape index (κ2) is 6.19. The lowest BCUT2D eigenvalue weighted by Crippen LogP contribution is -2.14. The minimum atomic E-state index is -0.739. The number of hydrogen-bond donors (Lipinski definition) is 1. The molecule has 1 N–H and O–H groups in total. The zero-order valence-corrected chi connectivity index (χ0v) is 11.0. The zero-order chi connectivity index (χ0) is 13.7. The van der Waals surface area contributed by atoms with E-state index >= 15 is 0 Å². The fourth-order valence-electron chi connectivity index (χ4n) is 2.29. The van der Waals surface area contributed by atoms with Gasteiger partial charge < -0.3 is 5.11 Å². The Bertz CT molecular complexity index is 480. The van der Waals surface area contributed by atoms with Crippen LogP contribution in [-0.4, -0.2) is 11.1 Å². The van der Waals surface area contributed by atoms with Crippen LogP contribution in [0.4, 0.5) is 0 Å². The molecule has 0 spiro atoms. The van der Waals surface area contributed by atoms with E-state index in [9.17, 15) is 4.79 Å². The molecule has 2 heteroatoms. The maximum Gasteiger partial charge on any atom is 0.306 e. The summed E-state index contributed by atoms with van der Waals surface area (Å²) >= 11 is 0. The van der Waals surface area contributed by atoms with Crippen molar-refractivity contribution in [2.45, 2.75) is 19.3 Å². The van der Waals surface area contributed by atoms with Gasteiger partial charge in [-0.3, -0.25) is 4.79 Å². The van der Waals surface area contributed by atoms with Crippen molar-refractivity contribution in [2.24, 2.45) is 5.92 Å². The van der Waals surface area contributed by atoms with Gasteiger partial charge in [0.25, 0.3) is 0 Å². The van der Waals surface area contributed by atoms with Gasteiger partial charge in [-0.25, -0.2) is 0 Å². The Hall–Kier alpha value is -2.09. The SMILES string of the molecule is CC(CC(c1ccccc1)c1ccccc1)C(=O)O. The summed E-state index contributed by atoms with van der Waals surface area (Å²) in [5.41, 5.74) is 2.34. The van der Waals surface area contributed by atoms with Crippen LogP contribution in [-0.2, 0) is 4.79 Å². The third kappa shape index (κ3) is 3.44. The van der Waals surface area contributed by atoms with Gasteiger partial charge in [-0.2, -0.15) is 0 Å². The first-order chi connectivity index (χ1) is 9.18. The summed E-state index contributed by atoms with van der Waals surface area (Å²) < 4.78 is 0. The van der Waals surface area contributed by atoms with Gasteiger partial charge in [0.2, 0.25) is 0 Å². The molecule has 0 bridgehead atoms. The molecular formula is C17H18O2. The Morgan fingerprint density at radius 2 is 1.37 bits per heavy atom. The lowest BCUT2D eigenvalue weighted by atomic mass is 9.84. The normalized spacial score (nSPS) is 12.3. The van der Waals surface area contributed by atoms with Crippen LogP contribution in [0, 0.1) is 5.92 Å². The third-order valence-corrected chi connectivity index (χ3v) is 3.41. The Balaban J connectivity index is 2.32. The topological polar surface area (TPSA) is 37.3 Å². The van der Waals surface area contributed by atoms with E-state index in [-0.39, 0.29) is 11.8 Å². The first-order valence-electron chi connectivity index (χ1n) is 6.51. The van der Waals surface area contributed by atoms with Crippen molar-refractivity contribution in [3.05, 3.63) is 71.8 Å². The molecular weight excluding hydrogens is 236 g/mol. The van der Waals surface area contributed by atoms with E-state index in [1.165, 1.54) is 11.1 Å². The fraction of sp³-hybridized carbons (Fsp3) is 0.235. The lowest BCUT2D eigenvalue weighted by Gasteiger charge is -2.20. The van der Waals surface area contributed by atoms with E-state index in [1.54, 1.807) is 6.92 Å². The van der Waals surface area contributed by atoms with Gasteiger partial charge in [-0.15, -0.1) is 0 Å². The minimum Gasteiger partial charge on any atom is -0.481 e. The first kappa shape index (κ1) is 13.3. The summed E-state index contributed by atoms with van der Waals surface area (Å²) in [5.74, 6) is -0.962. The minimum absolute atomic E-state index is 0.133. The average molecular weight is 254 g/mol. The van der Waals surface area contributed by atoms with Crippen LogP contribution in [0.3, 0.4) is 0 Å². The van der Waals surface area contributed by atoms with E-state index in [0.717, 1.165) is 0 Å². The van der Waals surface area contributed by atoms with Gasteiger partial charge in [0, 0.05) is 5.92 Å². The van der Waals surface area contributed by atoms with E-state index in [2.05, 4.69) is 24.3 Å². The van der Waals surface area contributed by atoms with Crippen molar-refractivity contribution in [1.29, 1.82) is 0 Å². The van der Waals surface area contributed by atoms with Crippen LogP contribution in [0.25, 0.3) is 0 Å². The van der Waals surface area contributed by atoms with E-state index in [1.807, 2.05) is 36.4 Å². The average Bonchev–Trinajstić information content (AvgIpc) is 2.46. The van der Waals surface area contributed by atoms with E-state index < -0.39 is 5.97 Å². The molecule has 1 unspecified atom stereocenters. The van der Waals surface area contributed by atoms with Gasteiger partial charge >= 0.3 is 5.97 Å². The van der Waals surface area contributed by atoms with Gasteiger partial charge in [0.05, 0.1) is 5.92 Å². The molecule has 1 atom stereocenters. The quantitative estimate of drug-likeness (QED) is 0.877. The molecule has 2 rings (SSSR count). The summed E-state index contributed by atoms with van der Waals surface area (Å²) in [6.07, 6.45) is 0.614. The second-order valence-electron chi connectivity index (χ2n) is 4.85.